The van der Waals surface area contributed by atoms with Crippen LogP contribution in [0.3, 0.4) is 0 Å². The van der Waals surface area contributed by atoms with Crippen molar-refractivity contribution in [2.24, 2.45) is 0 Å². The standard InChI is InChI=1S/C21H25N3O2.C18H19N3O2.C2H6/c1-19(2,3)13-11-24-16-14(20(4,5)26-21(16,6)7)18(25)23-17(24)12-9-8-10-22-15(12)13;1-10-9-21-14-12(17(2,3)23-18(14,4)5)16(22)20-15(21)11-7-6-8-19-13(10)11;1-2/h8-11H,1-7H3;6-9H,1-5H3;1-2H3. The molecule has 0 saturated heterocycles. The van der Waals surface area contributed by atoms with Crippen LogP contribution in [0.1, 0.15) is 124 Å². The molecular formula is C41H50N6O4. The van der Waals surface area contributed by atoms with Crippen LogP contribution in [0.4, 0.5) is 0 Å². The van der Waals surface area contributed by atoms with Gasteiger partial charge in [-0.15, -0.1) is 0 Å². The van der Waals surface area contributed by atoms with Crippen LogP contribution >= 0.6 is 0 Å². The summed E-state index contributed by atoms with van der Waals surface area (Å²) >= 11 is 0. The maximum Gasteiger partial charge on any atom is 0.279 e. The van der Waals surface area contributed by atoms with E-state index in [1.807, 2.05) is 111 Å². The lowest BCUT2D eigenvalue weighted by Gasteiger charge is -2.26. The fourth-order valence-electron chi connectivity index (χ4n) is 8.13. The molecule has 10 heteroatoms. The van der Waals surface area contributed by atoms with Crippen molar-refractivity contribution in [3.05, 3.63) is 103 Å². The van der Waals surface area contributed by atoms with Crippen molar-refractivity contribution < 1.29 is 9.47 Å². The van der Waals surface area contributed by atoms with E-state index in [4.69, 9.17) is 9.47 Å². The van der Waals surface area contributed by atoms with Crippen LogP contribution < -0.4 is 11.1 Å². The van der Waals surface area contributed by atoms with E-state index in [2.05, 4.69) is 51.3 Å². The number of pyridine rings is 4. The molecule has 0 radical (unpaired) electrons. The summed E-state index contributed by atoms with van der Waals surface area (Å²) in [5.74, 6) is 0. The molecule has 0 amide bonds. The van der Waals surface area contributed by atoms with Crippen LogP contribution in [0, 0.1) is 6.92 Å². The fraction of sp³-hybridized carbons (Fsp3) is 0.463. The number of aryl methyl sites for hydroxylation is 1. The van der Waals surface area contributed by atoms with Crippen LogP contribution in [-0.4, -0.2) is 28.7 Å². The molecule has 8 rings (SSSR count). The highest BCUT2D eigenvalue weighted by molar-refractivity contribution is 5.94. The number of nitrogens with zero attached hydrogens (tertiary/aromatic N) is 6. The Morgan fingerprint density at radius 2 is 1.04 bits per heavy atom. The van der Waals surface area contributed by atoms with Gasteiger partial charge in [-0.2, -0.15) is 9.97 Å². The van der Waals surface area contributed by atoms with Crippen molar-refractivity contribution in [1.82, 2.24) is 28.7 Å². The summed E-state index contributed by atoms with van der Waals surface area (Å²) in [6.07, 6.45) is 7.63. The van der Waals surface area contributed by atoms with Crippen molar-refractivity contribution in [3.8, 4) is 0 Å². The van der Waals surface area contributed by atoms with E-state index in [-0.39, 0.29) is 16.5 Å². The molecule has 0 N–H and O–H groups in total. The Morgan fingerprint density at radius 1 is 0.627 bits per heavy atom. The monoisotopic (exact) mass is 690 g/mol. The average molecular weight is 691 g/mol. The van der Waals surface area contributed by atoms with Gasteiger partial charge in [0.1, 0.15) is 11.2 Å². The Labute approximate surface area is 298 Å². The van der Waals surface area contributed by atoms with Crippen LogP contribution in [0.25, 0.3) is 33.1 Å². The van der Waals surface area contributed by atoms with Crippen LogP contribution in [0.15, 0.2) is 58.6 Å². The minimum absolute atomic E-state index is 0.101. The van der Waals surface area contributed by atoms with E-state index >= 15 is 0 Å². The summed E-state index contributed by atoms with van der Waals surface area (Å²) in [7, 11) is 0. The van der Waals surface area contributed by atoms with Crippen LogP contribution in [0.2, 0.25) is 0 Å². The van der Waals surface area contributed by atoms with Gasteiger partial charge >= 0.3 is 0 Å². The number of ether oxygens (including phenoxy) is 2. The van der Waals surface area contributed by atoms with Gasteiger partial charge in [-0.1, -0.05) is 34.6 Å². The van der Waals surface area contributed by atoms with Gasteiger partial charge in [-0.3, -0.25) is 19.6 Å². The normalized spacial score (nSPS) is 17.8. The van der Waals surface area contributed by atoms with E-state index in [0.717, 1.165) is 44.3 Å². The van der Waals surface area contributed by atoms with E-state index in [9.17, 15) is 9.59 Å². The van der Waals surface area contributed by atoms with Gasteiger partial charge < -0.3 is 18.3 Å². The molecule has 0 unspecified atom stereocenters. The summed E-state index contributed by atoms with van der Waals surface area (Å²) in [6.45, 7) is 28.3. The molecule has 0 fully saturated rings. The molecule has 0 spiro atoms. The molecule has 0 atom stereocenters. The maximum atomic E-state index is 12.9. The minimum Gasteiger partial charge on any atom is -0.358 e. The molecule has 0 aromatic carbocycles. The first-order valence-electron chi connectivity index (χ1n) is 17.7. The quantitative estimate of drug-likeness (QED) is 0.147. The molecule has 0 aliphatic carbocycles. The predicted octanol–water partition coefficient (Wildman–Crippen LogP) is 8.12. The van der Waals surface area contributed by atoms with Gasteiger partial charge in [0.15, 0.2) is 11.3 Å². The second kappa shape index (κ2) is 11.7. The van der Waals surface area contributed by atoms with Crippen LogP contribution in [-0.2, 0) is 37.3 Å². The number of fused-ring (bicyclic) bond motifs is 10. The second-order valence-electron chi connectivity index (χ2n) is 16.3. The smallest absolute Gasteiger partial charge is 0.279 e. The highest BCUT2D eigenvalue weighted by Crippen LogP contribution is 2.47. The lowest BCUT2D eigenvalue weighted by atomic mass is 9.86. The fourth-order valence-corrected chi connectivity index (χ4v) is 8.13. The van der Waals surface area contributed by atoms with E-state index < -0.39 is 22.4 Å². The molecule has 8 heterocycles. The van der Waals surface area contributed by atoms with Gasteiger partial charge in [0.2, 0.25) is 0 Å². The summed E-state index contributed by atoms with van der Waals surface area (Å²) in [4.78, 5) is 43.5. The van der Waals surface area contributed by atoms with E-state index in [1.54, 1.807) is 12.4 Å². The summed E-state index contributed by atoms with van der Waals surface area (Å²) in [5.41, 5.74) is 5.23. The summed E-state index contributed by atoms with van der Waals surface area (Å²) < 4.78 is 16.5. The second-order valence-corrected chi connectivity index (χ2v) is 16.3. The van der Waals surface area contributed by atoms with Gasteiger partial charge in [0, 0.05) is 41.1 Å². The number of aromatic nitrogens is 6. The molecule has 0 saturated carbocycles. The zero-order valence-corrected chi connectivity index (χ0v) is 32.4. The first-order valence-corrected chi connectivity index (χ1v) is 17.7. The van der Waals surface area contributed by atoms with Gasteiger partial charge in [0.05, 0.1) is 44.8 Å². The van der Waals surface area contributed by atoms with Gasteiger partial charge in [-0.05, 0) is 97.6 Å². The van der Waals surface area contributed by atoms with Gasteiger partial charge in [0.25, 0.3) is 11.1 Å². The third-order valence-corrected chi connectivity index (χ3v) is 9.73. The maximum absolute atomic E-state index is 12.9. The largest absolute Gasteiger partial charge is 0.358 e. The molecular weight excluding hydrogens is 640 g/mol. The molecule has 2 aliphatic heterocycles. The van der Waals surface area contributed by atoms with Crippen molar-refractivity contribution in [3.63, 3.8) is 0 Å². The van der Waals surface area contributed by atoms with Gasteiger partial charge in [-0.25, -0.2) is 0 Å². The average Bonchev–Trinajstić information content (AvgIpc) is 3.38. The highest BCUT2D eigenvalue weighted by Gasteiger charge is 2.48. The Bertz CT molecular complexity index is 2500. The molecule has 268 valence electrons. The van der Waals surface area contributed by atoms with E-state index in [0.29, 0.717) is 22.4 Å². The molecule has 6 aromatic heterocycles. The molecule has 51 heavy (non-hydrogen) atoms. The molecule has 6 aromatic rings. The lowest BCUT2D eigenvalue weighted by molar-refractivity contribution is -0.107. The third-order valence-electron chi connectivity index (χ3n) is 9.73. The molecule has 0 bridgehead atoms. The highest BCUT2D eigenvalue weighted by atomic mass is 16.5. The molecule has 10 nitrogen and oxygen atoms in total. The van der Waals surface area contributed by atoms with E-state index in [1.165, 1.54) is 0 Å². The third kappa shape index (κ3) is 5.63. The lowest BCUT2D eigenvalue weighted by Crippen LogP contribution is -2.27. The molecule has 2 aliphatic rings. The van der Waals surface area contributed by atoms with Crippen LogP contribution in [0.5, 0.6) is 0 Å². The Morgan fingerprint density at radius 3 is 1.49 bits per heavy atom. The predicted molar refractivity (Wildman–Crippen MR) is 203 cm³/mol. The van der Waals surface area contributed by atoms with Crippen molar-refractivity contribution >= 4 is 33.1 Å². The van der Waals surface area contributed by atoms with Crippen molar-refractivity contribution in [2.45, 2.75) is 125 Å². The first kappa shape index (κ1) is 36.3. The number of rotatable bonds is 0. The number of hydrogen-bond acceptors (Lipinski definition) is 8. The Hall–Kier alpha value is -4.54. The van der Waals surface area contributed by atoms with Crippen molar-refractivity contribution in [1.29, 1.82) is 0 Å². The SMILES string of the molecule is CC.CC(C)(C)c1cn2c3c(c(=O)nc2c2cccnc12)C(C)(C)OC3(C)C.Cc1cn2c3c(c(=O)nc2c2cccnc12)C(C)(C)OC3(C)C. The number of hydrogen-bond donors (Lipinski definition) is 0. The topological polar surface area (TPSA) is 113 Å². The van der Waals surface area contributed by atoms with Crippen molar-refractivity contribution in [2.75, 3.05) is 0 Å². The Balaban J connectivity index is 0.000000169. The summed E-state index contributed by atoms with van der Waals surface area (Å²) in [5, 5.41) is 1.77. The Kier molecular flexibility index (Phi) is 8.35. The minimum atomic E-state index is -0.671. The summed E-state index contributed by atoms with van der Waals surface area (Å²) in [6, 6.07) is 7.70. The zero-order valence-electron chi connectivity index (χ0n) is 32.4. The first-order chi connectivity index (χ1) is 23.7. The zero-order chi connectivity index (χ0) is 37.6.